The van der Waals surface area contributed by atoms with Crippen LogP contribution in [0.5, 0.6) is 5.75 Å². The maximum Gasteiger partial charge on any atom is 0.255 e. The molecule has 0 fully saturated rings. The molecule has 0 aliphatic heterocycles. The standard InChI is InChI=1S/C21H25N3O2/c1-4-13-24(5-2)18-10-8-17(9-11-18)21(25)23-19-14-16(15-22)7-12-20(19)26-6-3/h7-12,14H,4-6,13H2,1-3H3,(H,23,25). The average molecular weight is 351 g/mol. The Hall–Kier alpha value is -3.00. The second-order valence-corrected chi connectivity index (χ2v) is 5.84. The number of ether oxygens (including phenoxy) is 1. The molecule has 0 saturated carbocycles. The summed E-state index contributed by atoms with van der Waals surface area (Å²) in [5.74, 6) is 0.322. The lowest BCUT2D eigenvalue weighted by Gasteiger charge is -2.22. The predicted octanol–water partition coefficient (Wildman–Crippen LogP) is 4.45. The Morgan fingerprint density at radius 3 is 2.46 bits per heavy atom. The lowest BCUT2D eigenvalue weighted by atomic mass is 10.1. The van der Waals surface area contributed by atoms with E-state index in [2.05, 4.69) is 30.1 Å². The summed E-state index contributed by atoms with van der Waals surface area (Å²) in [7, 11) is 0. The number of rotatable bonds is 8. The van der Waals surface area contributed by atoms with Crippen molar-refractivity contribution in [3.05, 3.63) is 53.6 Å². The molecule has 0 heterocycles. The number of anilines is 2. The van der Waals surface area contributed by atoms with Crippen molar-refractivity contribution in [1.29, 1.82) is 5.26 Å². The first-order valence-electron chi connectivity index (χ1n) is 8.96. The van der Waals surface area contributed by atoms with Crippen molar-refractivity contribution in [3.8, 4) is 11.8 Å². The van der Waals surface area contributed by atoms with Gasteiger partial charge in [0.25, 0.3) is 5.91 Å². The first-order chi connectivity index (χ1) is 12.6. The normalized spacial score (nSPS) is 10.1. The fourth-order valence-corrected chi connectivity index (χ4v) is 2.74. The largest absolute Gasteiger partial charge is 0.492 e. The zero-order valence-electron chi connectivity index (χ0n) is 15.6. The van der Waals surface area contributed by atoms with Gasteiger partial charge in [0, 0.05) is 24.3 Å². The smallest absolute Gasteiger partial charge is 0.255 e. The lowest BCUT2D eigenvalue weighted by molar-refractivity contribution is 0.102. The quantitative estimate of drug-likeness (QED) is 0.763. The fourth-order valence-electron chi connectivity index (χ4n) is 2.74. The van der Waals surface area contributed by atoms with E-state index < -0.39 is 0 Å². The van der Waals surface area contributed by atoms with Crippen LogP contribution in [-0.2, 0) is 0 Å². The number of carbonyl (C=O) groups excluding carboxylic acids is 1. The highest BCUT2D eigenvalue weighted by molar-refractivity contribution is 6.05. The van der Waals surface area contributed by atoms with Crippen molar-refractivity contribution in [2.75, 3.05) is 29.9 Å². The molecule has 26 heavy (non-hydrogen) atoms. The van der Waals surface area contributed by atoms with Gasteiger partial charge in [0.1, 0.15) is 5.75 Å². The number of hydrogen-bond acceptors (Lipinski definition) is 4. The second-order valence-electron chi connectivity index (χ2n) is 5.84. The minimum Gasteiger partial charge on any atom is -0.492 e. The molecule has 2 aromatic rings. The van der Waals surface area contributed by atoms with Crippen LogP contribution in [0.15, 0.2) is 42.5 Å². The topological polar surface area (TPSA) is 65.4 Å². The molecule has 1 N–H and O–H groups in total. The minimum absolute atomic E-state index is 0.230. The van der Waals surface area contributed by atoms with E-state index in [1.165, 1.54) is 0 Å². The summed E-state index contributed by atoms with van der Waals surface area (Å²) in [4.78, 5) is 14.9. The molecule has 0 bridgehead atoms. The first kappa shape index (κ1) is 19.3. The van der Waals surface area contributed by atoms with Crippen LogP contribution in [0.1, 0.15) is 43.1 Å². The van der Waals surface area contributed by atoms with Gasteiger partial charge in [0.15, 0.2) is 0 Å². The van der Waals surface area contributed by atoms with Crippen LogP contribution >= 0.6 is 0 Å². The number of nitrogens with one attached hydrogen (secondary N) is 1. The van der Waals surface area contributed by atoms with Crippen molar-refractivity contribution < 1.29 is 9.53 Å². The van der Waals surface area contributed by atoms with Crippen LogP contribution in [0.2, 0.25) is 0 Å². The Kier molecular flexibility index (Phi) is 7.04. The third kappa shape index (κ3) is 4.76. The molecule has 0 spiro atoms. The van der Waals surface area contributed by atoms with E-state index in [-0.39, 0.29) is 5.91 Å². The number of nitrogens with zero attached hydrogens (tertiary/aromatic N) is 2. The number of nitriles is 1. The van der Waals surface area contributed by atoms with Gasteiger partial charge in [-0.25, -0.2) is 0 Å². The summed E-state index contributed by atoms with van der Waals surface area (Å²) in [6, 6.07) is 14.6. The van der Waals surface area contributed by atoms with Crippen LogP contribution < -0.4 is 15.0 Å². The Labute approximate surface area is 155 Å². The molecule has 2 rings (SSSR count). The summed E-state index contributed by atoms with van der Waals surface area (Å²) in [6.07, 6.45) is 1.07. The summed E-state index contributed by atoms with van der Waals surface area (Å²) in [5.41, 5.74) is 2.64. The van der Waals surface area contributed by atoms with E-state index in [1.807, 2.05) is 31.2 Å². The van der Waals surface area contributed by atoms with E-state index in [9.17, 15) is 4.79 Å². The summed E-state index contributed by atoms with van der Waals surface area (Å²) < 4.78 is 5.53. The number of amides is 1. The van der Waals surface area contributed by atoms with Gasteiger partial charge < -0.3 is 15.0 Å². The zero-order chi connectivity index (χ0) is 18.9. The molecule has 0 aliphatic carbocycles. The monoisotopic (exact) mass is 351 g/mol. The van der Waals surface area contributed by atoms with Gasteiger partial charge in [0.05, 0.1) is 23.9 Å². The highest BCUT2D eigenvalue weighted by Crippen LogP contribution is 2.26. The maximum absolute atomic E-state index is 12.6. The highest BCUT2D eigenvalue weighted by atomic mass is 16.5. The van der Waals surface area contributed by atoms with E-state index in [0.29, 0.717) is 29.2 Å². The van der Waals surface area contributed by atoms with Gasteiger partial charge in [0.2, 0.25) is 0 Å². The third-order valence-corrected chi connectivity index (χ3v) is 4.03. The molecule has 0 unspecified atom stereocenters. The van der Waals surface area contributed by atoms with E-state index in [1.54, 1.807) is 18.2 Å². The molecule has 0 saturated heterocycles. The van der Waals surface area contributed by atoms with Crippen LogP contribution in [-0.4, -0.2) is 25.6 Å². The molecule has 2 aromatic carbocycles. The van der Waals surface area contributed by atoms with E-state index >= 15 is 0 Å². The highest BCUT2D eigenvalue weighted by Gasteiger charge is 2.12. The maximum atomic E-state index is 12.6. The molecule has 136 valence electrons. The Bertz CT molecular complexity index is 779. The molecule has 0 radical (unpaired) electrons. The van der Waals surface area contributed by atoms with E-state index in [4.69, 9.17) is 10.00 Å². The molecule has 0 aliphatic rings. The molecule has 5 heteroatoms. The molecular weight excluding hydrogens is 326 g/mol. The Morgan fingerprint density at radius 2 is 1.88 bits per heavy atom. The fraction of sp³-hybridized carbons (Fsp3) is 0.333. The Balaban J connectivity index is 2.18. The van der Waals surface area contributed by atoms with Gasteiger partial charge in [-0.1, -0.05) is 6.92 Å². The van der Waals surface area contributed by atoms with Gasteiger partial charge >= 0.3 is 0 Å². The average Bonchev–Trinajstić information content (AvgIpc) is 2.67. The molecular formula is C21H25N3O2. The van der Waals surface area contributed by atoms with Gasteiger partial charge in [-0.2, -0.15) is 5.26 Å². The first-order valence-corrected chi connectivity index (χ1v) is 8.96. The van der Waals surface area contributed by atoms with Crippen molar-refractivity contribution in [3.63, 3.8) is 0 Å². The van der Waals surface area contributed by atoms with Gasteiger partial charge in [-0.15, -0.1) is 0 Å². The summed E-state index contributed by atoms with van der Waals surface area (Å²) in [5, 5.41) is 11.9. The summed E-state index contributed by atoms with van der Waals surface area (Å²) >= 11 is 0. The molecule has 0 atom stereocenters. The number of benzene rings is 2. The predicted molar refractivity (Wildman–Crippen MR) is 105 cm³/mol. The molecule has 5 nitrogen and oxygen atoms in total. The Morgan fingerprint density at radius 1 is 1.15 bits per heavy atom. The third-order valence-electron chi connectivity index (χ3n) is 4.03. The van der Waals surface area contributed by atoms with Crippen LogP contribution in [0, 0.1) is 11.3 Å². The van der Waals surface area contributed by atoms with Crippen LogP contribution in [0.3, 0.4) is 0 Å². The number of carbonyl (C=O) groups is 1. The zero-order valence-corrected chi connectivity index (χ0v) is 15.6. The van der Waals surface area contributed by atoms with E-state index in [0.717, 1.165) is 25.2 Å². The number of hydrogen-bond donors (Lipinski definition) is 1. The van der Waals surface area contributed by atoms with Crippen molar-refractivity contribution in [1.82, 2.24) is 0 Å². The summed E-state index contributed by atoms with van der Waals surface area (Å²) in [6.45, 7) is 8.54. The second kappa shape index (κ2) is 9.47. The van der Waals surface area contributed by atoms with Crippen LogP contribution in [0.25, 0.3) is 0 Å². The lowest BCUT2D eigenvalue weighted by Crippen LogP contribution is -2.23. The van der Waals surface area contributed by atoms with Crippen molar-refractivity contribution >= 4 is 17.3 Å². The van der Waals surface area contributed by atoms with Crippen LogP contribution in [0.4, 0.5) is 11.4 Å². The SMILES string of the molecule is CCCN(CC)c1ccc(C(=O)Nc2cc(C#N)ccc2OCC)cc1. The van der Waals surface area contributed by atoms with Gasteiger partial charge in [-0.05, 0) is 62.7 Å². The molecule has 1 amide bonds. The van der Waals surface area contributed by atoms with Crippen molar-refractivity contribution in [2.45, 2.75) is 27.2 Å². The molecule has 0 aromatic heterocycles. The minimum atomic E-state index is -0.230. The van der Waals surface area contributed by atoms with Crippen molar-refractivity contribution in [2.24, 2.45) is 0 Å². The van der Waals surface area contributed by atoms with Gasteiger partial charge in [-0.3, -0.25) is 4.79 Å².